The fourth-order valence-electron chi connectivity index (χ4n) is 11.8. The number of rotatable bonds is 1. The van der Waals surface area contributed by atoms with Gasteiger partial charge in [-0.1, -0.05) is 93.1 Å². The molecule has 2 aliphatic carbocycles. The van der Waals surface area contributed by atoms with Crippen molar-refractivity contribution in [1.82, 2.24) is 9.97 Å². The summed E-state index contributed by atoms with van der Waals surface area (Å²) in [5.41, 5.74) is 14.7. The number of aromatic nitrogens is 2. The van der Waals surface area contributed by atoms with Gasteiger partial charge < -0.3 is 26.0 Å². The van der Waals surface area contributed by atoms with Crippen LogP contribution < -0.4 is 26.0 Å². The van der Waals surface area contributed by atoms with Gasteiger partial charge in [0.2, 0.25) is 0 Å². The van der Waals surface area contributed by atoms with Gasteiger partial charge in [-0.25, -0.2) is 9.97 Å². The Bertz CT molecular complexity index is 2830. The Kier molecular flexibility index (Phi) is 13.0. The van der Waals surface area contributed by atoms with Gasteiger partial charge in [0.05, 0.1) is 7.11 Å². The highest BCUT2D eigenvalue weighted by atomic mass is 16.5. The lowest BCUT2D eigenvalue weighted by Gasteiger charge is -2.40. The van der Waals surface area contributed by atoms with Crippen molar-refractivity contribution in [2.24, 2.45) is 0 Å². The number of hydrogen-bond acceptors (Lipinski definition) is 7. The van der Waals surface area contributed by atoms with Crippen molar-refractivity contribution in [3.63, 3.8) is 0 Å². The summed E-state index contributed by atoms with van der Waals surface area (Å²) in [6.07, 6.45) is 10.4. The number of ether oxygens (including phenoxy) is 1. The van der Waals surface area contributed by atoms with Crippen LogP contribution in [0.3, 0.4) is 0 Å². The third-order valence-corrected chi connectivity index (χ3v) is 15.4. The summed E-state index contributed by atoms with van der Waals surface area (Å²) >= 11 is 0. The molecule has 15 rings (SSSR count). The third kappa shape index (κ3) is 8.86. The van der Waals surface area contributed by atoms with Gasteiger partial charge in [-0.2, -0.15) is 0 Å². The molecular formula is C59H64N6O5. The van der Waals surface area contributed by atoms with Crippen LogP contribution >= 0.6 is 0 Å². The van der Waals surface area contributed by atoms with Gasteiger partial charge in [-0.3, -0.25) is 19.2 Å². The first kappa shape index (κ1) is 47.9. The molecule has 2 spiro atoms. The summed E-state index contributed by atoms with van der Waals surface area (Å²) in [4.78, 5) is 65.6. The second-order valence-electron chi connectivity index (χ2n) is 20.2. The Balaban J connectivity index is 1.16. The van der Waals surface area contributed by atoms with Crippen LogP contribution in [0.1, 0.15) is 173 Å². The minimum absolute atomic E-state index is 0.0583. The van der Waals surface area contributed by atoms with Crippen molar-refractivity contribution in [1.29, 1.82) is 0 Å². The first-order chi connectivity index (χ1) is 33.5. The number of aryl methyl sites for hydroxylation is 8. The zero-order chi connectivity index (χ0) is 49.6. The molecular weight excluding hydrogens is 873 g/mol. The summed E-state index contributed by atoms with van der Waals surface area (Å²) < 4.78 is 5.62. The van der Waals surface area contributed by atoms with Crippen LogP contribution in [0.5, 0.6) is 5.75 Å². The molecule has 2 saturated carbocycles. The molecule has 12 bridgehead atoms. The number of benzene rings is 4. The van der Waals surface area contributed by atoms with Crippen LogP contribution in [-0.4, -0.2) is 40.7 Å². The molecule has 0 radical (unpaired) electrons. The van der Waals surface area contributed by atoms with E-state index in [2.05, 4.69) is 79.8 Å². The summed E-state index contributed by atoms with van der Waals surface area (Å²) in [7, 11) is 1.51. The van der Waals surface area contributed by atoms with E-state index in [1.807, 2.05) is 55.4 Å². The van der Waals surface area contributed by atoms with Gasteiger partial charge in [0.25, 0.3) is 23.6 Å². The van der Waals surface area contributed by atoms with Gasteiger partial charge in [-0.15, -0.1) is 0 Å². The molecule has 9 aliphatic rings. The van der Waals surface area contributed by atoms with Gasteiger partial charge in [0.15, 0.2) is 0 Å². The molecule has 360 valence electrons. The van der Waals surface area contributed by atoms with E-state index in [9.17, 15) is 19.2 Å². The molecule has 4 amide bonds. The van der Waals surface area contributed by atoms with Crippen molar-refractivity contribution < 1.29 is 23.9 Å². The Hall–Kier alpha value is -7.14. The van der Waals surface area contributed by atoms with E-state index in [4.69, 9.17) is 4.74 Å². The number of anilines is 4. The molecule has 4 aromatic carbocycles. The monoisotopic (exact) mass is 936 g/mol. The number of methoxy groups -OCH3 is 1. The first-order valence-electron chi connectivity index (χ1n) is 24.8. The highest BCUT2D eigenvalue weighted by molar-refractivity contribution is 6.08. The van der Waals surface area contributed by atoms with Crippen LogP contribution in [-0.2, 0) is 10.8 Å². The van der Waals surface area contributed by atoms with Gasteiger partial charge in [0, 0.05) is 45.7 Å². The molecule has 0 atom stereocenters. The topological polar surface area (TPSA) is 151 Å². The number of hydrogen-bond donors (Lipinski definition) is 4. The molecule has 11 heteroatoms. The van der Waals surface area contributed by atoms with E-state index in [0.717, 1.165) is 109 Å². The van der Waals surface area contributed by atoms with Crippen LogP contribution in [0.15, 0.2) is 78.9 Å². The predicted octanol–water partition coefficient (Wildman–Crippen LogP) is 12.8. The van der Waals surface area contributed by atoms with E-state index in [1.54, 1.807) is 30.3 Å². The predicted molar refractivity (Wildman–Crippen MR) is 278 cm³/mol. The molecule has 0 unspecified atom stereocenters. The third-order valence-electron chi connectivity index (χ3n) is 15.4. The average Bonchev–Trinajstić information content (AvgIpc) is 3.35. The van der Waals surface area contributed by atoms with Crippen molar-refractivity contribution in [3.05, 3.63) is 168 Å². The Morgan fingerprint density at radius 1 is 0.386 bits per heavy atom. The molecule has 6 aromatic rings. The zero-order valence-electron chi connectivity index (χ0n) is 42.0. The van der Waals surface area contributed by atoms with Gasteiger partial charge in [0.1, 0.15) is 28.5 Å². The molecule has 70 heavy (non-hydrogen) atoms. The van der Waals surface area contributed by atoms with Gasteiger partial charge in [-0.05, 0) is 160 Å². The summed E-state index contributed by atoms with van der Waals surface area (Å²) in [6, 6.07) is 25.6. The average molecular weight is 937 g/mol. The zero-order valence-corrected chi connectivity index (χ0v) is 42.0. The van der Waals surface area contributed by atoms with E-state index < -0.39 is 23.6 Å². The molecule has 2 fully saturated rings. The van der Waals surface area contributed by atoms with Gasteiger partial charge >= 0.3 is 0 Å². The largest absolute Gasteiger partial charge is 0.497 e. The maximum atomic E-state index is 14.2. The van der Waals surface area contributed by atoms with Crippen molar-refractivity contribution in [2.75, 3.05) is 28.4 Å². The van der Waals surface area contributed by atoms with Crippen molar-refractivity contribution >= 4 is 46.4 Å². The number of nitrogens with one attached hydrogen (secondary N) is 4. The van der Waals surface area contributed by atoms with E-state index in [0.29, 0.717) is 28.5 Å². The smallest absolute Gasteiger partial charge is 0.274 e. The van der Waals surface area contributed by atoms with Crippen LogP contribution in [0.4, 0.5) is 22.7 Å². The van der Waals surface area contributed by atoms with Crippen LogP contribution in [0.2, 0.25) is 0 Å². The Morgan fingerprint density at radius 3 is 0.914 bits per heavy atom. The fraction of sp³-hybridized carbons (Fsp3) is 0.356. The Morgan fingerprint density at radius 2 is 0.643 bits per heavy atom. The molecule has 9 heterocycles. The lowest BCUT2D eigenvalue weighted by molar-refractivity contribution is 0.0998. The molecule has 2 aromatic heterocycles. The molecule has 4 N–H and O–H groups in total. The number of nitrogens with zero attached hydrogens (tertiary/aromatic N) is 2. The number of carbonyl (C=O) groups excluding carboxylic acids is 4. The summed E-state index contributed by atoms with van der Waals surface area (Å²) in [5, 5.41) is 12.6. The SMILES string of the molecule is COc1cc2nc(c1)C(=O)Nc1c(C)cc(cc1C)C1(CCCCC1)c1cc(C)c(c(C)c1)NC(=O)c1cccc(n1)C(=O)Nc1c(C)cc(cc1C)C1(CCCCC1)c1cc(C)c(c(C)c1)NC2=O. The minimum Gasteiger partial charge on any atom is -0.497 e. The maximum absolute atomic E-state index is 14.2. The van der Waals surface area contributed by atoms with Crippen molar-refractivity contribution in [2.45, 2.75) is 130 Å². The second-order valence-corrected chi connectivity index (χ2v) is 20.2. The van der Waals surface area contributed by atoms with Crippen LogP contribution in [0.25, 0.3) is 0 Å². The highest BCUT2D eigenvalue weighted by Crippen LogP contribution is 2.49. The number of carbonyl (C=O) groups is 4. The fourth-order valence-corrected chi connectivity index (χ4v) is 11.8. The lowest BCUT2D eigenvalue weighted by atomic mass is 9.64. The maximum Gasteiger partial charge on any atom is 0.274 e. The first-order valence-corrected chi connectivity index (χ1v) is 24.8. The molecule has 7 aliphatic heterocycles. The minimum atomic E-state index is -0.452. The van der Waals surface area contributed by atoms with Crippen LogP contribution in [0, 0.1) is 55.4 Å². The highest BCUT2D eigenvalue weighted by Gasteiger charge is 2.39. The molecule has 11 nitrogen and oxygen atoms in total. The standard InChI is InChI=1S/C59H64N6O5/c1-33-23-41-24-34(2)50(33)62-54(66)46-17-16-18-47(60-46)55(67)63-51-35(3)25-42(26-36(51)4)59(21-14-11-15-22-59)44-29-39(7)53(40(8)30-44)65-57(69)49-32-45(70-9)31-48(61-49)56(68)64-52-37(5)27-43(28-38(52)6)58(41)19-12-10-13-20-58/h16-18,23-32H,10-15,19-22H2,1-9H3,(H,62,66)(H,63,67)(H,64,68)(H,65,69). The van der Waals surface area contributed by atoms with E-state index in [1.165, 1.54) is 29.4 Å². The number of pyridine rings is 2. The summed E-state index contributed by atoms with van der Waals surface area (Å²) in [6.45, 7) is 16.1. The van der Waals surface area contributed by atoms with Crippen molar-refractivity contribution in [3.8, 4) is 5.75 Å². The Labute approximate surface area is 411 Å². The lowest BCUT2D eigenvalue weighted by Crippen LogP contribution is -2.31. The summed E-state index contributed by atoms with van der Waals surface area (Å²) in [5.74, 6) is -1.36. The normalized spacial score (nSPS) is 16.9. The molecule has 0 saturated heterocycles. The number of amides is 4. The quantitative estimate of drug-likeness (QED) is 0.128. The second kappa shape index (κ2) is 19.0. The van der Waals surface area contributed by atoms with E-state index >= 15 is 0 Å². The van der Waals surface area contributed by atoms with E-state index in [-0.39, 0.29) is 33.6 Å².